The molecule has 106 valence electrons. The van der Waals surface area contributed by atoms with Crippen molar-refractivity contribution in [1.82, 2.24) is 9.97 Å². The summed E-state index contributed by atoms with van der Waals surface area (Å²) < 4.78 is 19.1. The normalized spacial score (nSPS) is 12.3. The van der Waals surface area contributed by atoms with Crippen LogP contribution in [0.5, 0.6) is 5.75 Å². The van der Waals surface area contributed by atoms with E-state index in [1.54, 1.807) is 12.1 Å². The Morgan fingerprint density at radius 1 is 1.10 bits per heavy atom. The van der Waals surface area contributed by atoms with Gasteiger partial charge in [0.25, 0.3) is 0 Å². The molecule has 2 aromatic carbocycles. The lowest BCUT2D eigenvalue weighted by molar-refractivity contribution is 0.208. The van der Waals surface area contributed by atoms with Crippen molar-refractivity contribution in [2.75, 3.05) is 7.11 Å². The van der Waals surface area contributed by atoms with Gasteiger partial charge in [0.05, 0.1) is 30.0 Å². The highest BCUT2D eigenvalue weighted by atomic mass is 19.1. The maximum Gasteiger partial charge on any atom is 0.171 e. The minimum absolute atomic E-state index is 0.0836. The Kier molecular flexibility index (Phi) is 3.50. The molecule has 0 bridgehead atoms. The predicted molar refractivity (Wildman–Crippen MR) is 76.6 cm³/mol. The second-order valence-electron chi connectivity index (χ2n) is 4.55. The second-order valence-corrected chi connectivity index (χ2v) is 4.55. The van der Waals surface area contributed by atoms with Gasteiger partial charge in [-0.3, -0.25) is 4.98 Å². The fourth-order valence-corrected chi connectivity index (χ4v) is 2.16. The fourth-order valence-electron chi connectivity index (χ4n) is 2.16. The van der Waals surface area contributed by atoms with E-state index in [4.69, 9.17) is 4.74 Å². The van der Waals surface area contributed by atoms with Crippen molar-refractivity contribution in [2.45, 2.75) is 6.10 Å². The van der Waals surface area contributed by atoms with Crippen LogP contribution in [-0.4, -0.2) is 22.2 Å². The summed E-state index contributed by atoms with van der Waals surface area (Å²) in [5.74, 6) is -0.511. The number of fused-ring (bicyclic) bond motifs is 1. The number of methoxy groups -OCH3 is 1. The minimum Gasteiger partial charge on any atom is -0.494 e. The smallest absolute Gasteiger partial charge is 0.171 e. The molecule has 0 radical (unpaired) electrons. The maximum atomic E-state index is 14.2. The Morgan fingerprint density at radius 2 is 1.86 bits per heavy atom. The molecule has 4 nitrogen and oxygen atoms in total. The van der Waals surface area contributed by atoms with Crippen molar-refractivity contribution in [3.8, 4) is 5.75 Å². The van der Waals surface area contributed by atoms with Gasteiger partial charge in [0.15, 0.2) is 11.6 Å². The molecule has 0 spiro atoms. The van der Waals surface area contributed by atoms with Crippen LogP contribution in [0.2, 0.25) is 0 Å². The lowest BCUT2D eigenvalue weighted by Crippen LogP contribution is -2.06. The van der Waals surface area contributed by atoms with E-state index in [-0.39, 0.29) is 11.3 Å². The summed E-state index contributed by atoms with van der Waals surface area (Å²) in [6, 6.07) is 11.9. The van der Waals surface area contributed by atoms with E-state index in [0.717, 1.165) is 5.52 Å². The molecular formula is C16H13FN2O2. The first-order chi connectivity index (χ1) is 10.2. The Bertz CT molecular complexity index is 792. The van der Waals surface area contributed by atoms with E-state index in [1.807, 2.05) is 18.2 Å². The summed E-state index contributed by atoms with van der Waals surface area (Å²) in [5, 5.41) is 10.4. The Morgan fingerprint density at radius 3 is 2.62 bits per heavy atom. The van der Waals surface area contributed by atoms with Crippen LogP contribution in [0.4, 0.5) is 4.39 Å². The highest BCUT2D eigenvalue weighted by molar-refractivity contribution is 5.73. The van der Waals surface area contributed by atoms with E-state index in [1.165, 1.54) is 25.4 Å². The van der Waals surface area contributed by atoms with E-state index in [2.05, 4.69) is 9.97 Å². The first kappa shape index (κ1) is 13.5. The summed E-state index contributed by atoms with van der Waals surface area (Å²) in [6.07, 6.45) is 0.253. The zero-order valence-electron chi connectivity index (χ0n) is 11.3. The number of aromatic nitrogens is 2. The average molecular weight is 284 g/mol. The molecule has 0 amide bonds. The molecule has 3 rings (SSSR count). The first-order valence-electron chi connectivity index (χ1n) is 6.43. The average Bonchev–Trinajstić information content (AvgIpc) is 2.54. The number of benzene rings is 2. The van der Waals surface area contributed by atoms with Gasteiger partial charge in [0.1, 0.15) is 6.10 Å². The van der Waals surface area contributed by atoms with E-state index >= 15 is 0 Å². The third-order valence-electron chi connectivity index (χ3n) is 3.26. The van der Waals surface area contributed by atoms with Gasteiger partial charge in [0.2, 0.25) is 0 Å². The molecule has 1 aromatic heterocycles. The number of ether oxygens (including phenoxy) is 1. The number of rotatable bonds is 3. The van der Waals surface area contributed by atoms with Gasteiger partial charge >= 0.3 is 0 Å². The number of hydrogen-bond donors (Lipinski definition) is 1. The van der Waals surface area contributed by atoms with Crippen molar-refractivity contribution in [3.63, 3.8) is 0 Å². The largest absolute Gasteiger partial charge is 0.494 e. The van der Waals surface area contributed by atoms with Gasteiger partial charge in [-0.05, 0) is 18.2 Å². The molecule has 1 atom stereocenters. The zero-order chi connectivity index (χ0) is 14.8. The second kappa shape index (κ2) is 5.46. The van der Waals surface area contributed by atoms with Crippen LogP contribution in [-0.2, 0) is 0 Å². The molecule has 1 unspecified atom stereocenters. The van der Waals surface area contributed by atoms with Gasteiger partial charge in [-0.2, -0.15) is 0 Å². The van der Waals surface area contributed by atoms with Gasteiger partial charge in [-0.15, -0.1) is 0 Å². The number of hydrogen-bond acceptors (Lipinski definition) is 4. The molecule has 21 heavy (non-hydrogen) atoms. The lowest BCUT2D eigenvalue weighted by Gasteiger charge is -2.13. The molecule has 5 heteroatoms. The van der Waals surface area contributed by atoms with E-state index in [0.29, 0.717) is 11.2 Å². The van der Waals surface area contributed by atoms with Crippen LogP contribution in [0.3, 0.4) is 0 Å². The van der Waals surface area contributed by atoms with Crippen molar-refractivity contribution in [3.05, 3.63) is 65.7 Å². The van der Waals surface area contributed by atoms with E-state index in [9.17, 15) is 9.50 Å². The van der Waals surface area contributed by atoms with Crippen LogP contribution in [0.25, 0.3) is 11.0 Å². The molecule has 0 saturated heterocycles. The van der Waals surface area contributed by atoms with Crippen molar-refractivity contribution in [2.24, 2.45) is 0 Å². The number of aliphatic hydroxyl groups is 1. The fraction of sp³-hybridized carbons (Fsp3) is 0.125. The number of nitrogens with zero attached hydrogens (tertiary/aromatic N) is 2. The van der Waals surface area contributed by atoms with Gasteiger partial charge in [0, 0.05) is 5.56 Å². The molecule has 0 saturated carbocycles. The van der Waals surface area contributed by atoms with Gasteiger partial charge < -0.3 is 9.84 Å². The summed E-state index contributed by atoms with van der Waals surface area (Å²) in [5.41, 5.74) is 1.77. The molecular weight excluding hydrogens is 271 g/mol. The first-order valence-corrected chi connectivity index (χ1v) is 6.43. The van der Waals surface area contributed by atoms with Crippen molar-refractivity contribution >= 4 is 11.0 Å². The molecule has 1 N–H and O–H groups in total. The van der Waals surface area contributed by atoms with Crippen LogP contribution >= 0.6 is 0 Å². The molecule has 0 aliphatic rings. The molecule has 0 fully saturated rings. The zero-order valence-corrected chi connectivity index (χ0v) is 11.3. The topological polar surface area (TPSA) is 55.2 Å². The van der Waals surface area contributed by atoms with Crippen molar-refractivity contribution < 1.29 is 14.2 Å². The standard InChI is InChI=1S/C16H13FN2O2/c1-21-14-8-4-5-10(15(14)17)16(20)13-9-18-11-6-2-3-7-12(11)19-13/h2-9,16,20H,1H3. The summed E-state index contributed by atoms with van der Waals surface area (Å²) in [7, 11) is 1.38. The van der Waals surface area contributed by atoms with Crippen molar-refractivity contribution in [1.29, 1.82) is 0 Å². The van der Waals surface area contributed by atoms with Crippen LogP contribution in [0, 0.1) is 5.82 Å². The Hall–Kier alpha value is -2.53. The quantitative estimate of drug-likeness (QED) is 0.803. The number of aliphatic hydroxyl groups excluding tert-OH is 1. The third kappa shape index (κ3) is 2.43. The molecule has 0 aliphatic heterocycles. The van der Waals surface area contributed by atoms with Crippen LogP contribution < -0.4 is 4.74 Å². The highest BCUT2D eigenvalue weighted by Crippen LogP contribution is 2.28. The van der Waals surface area contributed by atoms with E-state index < -0.39 is 11.9 Å². The summed E-state index contributed by atoms with van der Waals surface area (Å²) in [6.45, 7) is 0. The monoisotopic (exact) mass is 284 g/mol. The lowest BCUT2D eigenvalue weighted by atomic mass is 10.1. The van der Waals surface area contributed by atoms with Crippen LogP contribution in [0.15, 0.2) is 48.7 Å². The van der Waals surface area contributed by atoms with Gasteiger partial charge in [-0.25, -0.2) is 9.37 Å². The molecule has 3 aromatic rings. The summed E-state index contributed by atoms with van der Waals surface area (Å²) >= 11 is 0. The SMILES string of the molecule is COc1cccc(C(O)c2cnc3ccccc3n2)c1F. The molecule has 1 heterocycles. The third-order valence-corrected chi connectivity index (χ3v) is 3.26. The summed E-state index contributed by atoms with van der Waals surface area (Å²) in [4.78, 5) is 8.55. The number of halogens is 1. The molecule has 0 aliphatic carbocycles. The Labute approximate surface area is 120 Å². The highest BCUT2D eigenvalue weighted by Gasteiger charge is 2.19. The van der Waals surface area contributed by atoms with Gasteiger partial charge in [-0.1, -0.05) is 24.3 Å². The Balaban J connectivity index is 2.06. The maximum absolute atomic E-state index is 14.2. The minimum atomic E-state index is -1.20. The van der Waals surface area contributed by atoms with Crippen LogP contribution in [0.1, 0.15) is 17.4 Å². The predicted octanol–water partition coefficient (Wildman–Crippen LogP) is 2.86. The number of para-hydroxylation sites is 2.